The smallest absolute Gasteiger partial charge is 0.244 e. The van der Waals surface area contributed by atoms with Crippen molar-refractivity contribution in [3.05, 3.63) is 23.2 Å². The number of hydrogen-bond acceptors (Lipinski definition) is 3. The van der Waals surface area contributed by atoms with Gasteiger partial charge >= 0.3 is 0 Å². The van der Waals surface area contributed by atoms with Gasteiger partial charge in [0.1, 0.15) is 5.75 Å². The fourth-order valence-corrected chi connectivity index (χ4v) is 2.13. The zero-order valence-corrected chi connectivity index (χ0v) is 12.3. The number of nitrogens with two attached hydrogens (primary N) is 1. The molecule has 6 heteroatoms. The fourth-order valence-electron chi connectivity index (χ4n) is 1.89. The summed E-state index contributed by atoms with van der Waals surface area (Å²) in [4.78, 5) is 11.9. The third-order valence-corrected chi connectivity index (χ3v) is 3.48. The van der Waals surface area contributed by atoms with Crippen LogP contribution in [0, 0.1) is 0 Å². The van der Waals surface area contributed by atoms with Gasteiger partial charge in [0, 0.05) is 5.69 Å². The number of amides is 1. The Hall–Kier alpha value is -0.970. The summed E-state index contributed by atoms with van der Waals surface area (Å²) in [6.07, 6.45) is 2.49. The van der Waals surface area contributed by atoms with Crippen LogP contribution in [0.15, 0.2) is 18.2 Å². The molecule has 19 heavy (non-hydrogen) atoms. The molecule has 1 fully saturated rings. The molecule has 0 radical (unpaired) electrons. The number of halogens is 2. The Morgan fingerprint density at radius 2 is 2.21 bits per heavy atom. The first kappa shape index (κ1) is 16.1. The van der Waals surface area contributed by atoms with Crippen molar-refractivity contribution in [1.82, 2.24) is 0 Å². The van der Waals surface area contributed by atoms with E-state index >= 15 is 0 Å². The molecule has 1 amide bonds. The zero-order chi connectivity index (χ0) is 13.2. The number of anilines is 1. The molecule has 0 aromatic heterocycles. The van der Waals surface area contributed by atoms with Gasteiger partial charge in [-0.2, -0.15) is 0 Å². The molecule has 1 aromatic rings. The monoisotopic (exact) mass is 304 g/mol. The first-order valence-electron chi connectivity index (χ1n) is 6.08. The normalized spacial score (nSPS) is 15.9. The third-order valence-electron chi connectivity index (χ3n) is 3.19. The van der Waals surface area contributed by atoms with Crippen LogP contribution in [0.25, 0.3) is 0 Å². The molecular weight excluding hydrogens is 287 g/mol. The average Bonchev–Trinajstić information content (AvgIpc) is 2.29. The second kappa shape index (κ2) is 6.46. The molecule has 1 saturated carbocycles. The molecule has 1 aliphatic rings. The topological polar surface area (TPSA) is 64.3 Å². The quantitative estimate of drug-likeness (QED) is 0.899. The number of ether oxygens (including phenoxy) is 1. The van der Waals surface area contributed by atoms with Gasteiger partial charge in [-0.1, -0.05) is 11.6 Å². The molecule has 0 atom stereocenters. The van der Waals surface area contributed by atoms with Crippen LogP contribution in [0.4, 0.5) is 5.69 Å². The van der Waals surface area contributed by atoms with E-state index in [2.05, 4.69) is 5.32 Å². The van der Waals surface area contributed by atoms with E-state index in [4.69, 9.17) is 22.1 Å². The number of benzene rings is 1. The van der Waals surface area contributed by atoms with Gasteiger partial charge in [-0.05, 0) is 44.4 Å². The van der Waals surface area contributed by atoms with Crippen LogP contribution in [0.3, 0.4) is 0 Å². The number of hydrogen-bond donors (Lipinski definition) is 2. The average molecular weight is 305 g/mol. The molecule has 0 saturated heterocycles. The van der Waals surface area contributed by atoms with E-state index in [0.717, 1.165) is 19.3 Å². The van der Waals surface area contributed by atoms with Crippen LogP contribution in [-0.2, 0) is 4.79 Å². The van der Waals surface area contributed by atoms with Gasteiger partial charge in [0.05, 0.1) is 17.2 Å². The largest absolute Gasteiger partial charge is 0.492 e. The van der Waals surface area contributed by atoms with E-state index in [0.29, 0.717) is 23.1 Å². The Morgan fingerprint density at radius 3 is 2.68 bits per heavy atom. The number of rotatable bonds is 4. The fraction of sp³-hybridized carbons (Fsp3) is 0.462. The number of carbonyl (C=O) groups is 1. The Morgan fingerprint density at radius 1 is 1.53 bits per heavy atom. The summed E-state index contributed by atoms with van der Waals surface area (Å²) in [6, 6.07) is 5.18. The lowest BCUT2D eigenvalue weighted by molar-refractivity contribution is -0.123. The third kappa shape index (κ3) is 3.53. The van der Waals surface area contributed by atoms with Crippen molar-refractivity contribution in [2.24, 2.45) is 5.73 Å². The minimum Gasteiger partial charge on any atom is -0.492 e. The highest BCUT2D eigenvalue weighted by Gasteiger charge is 2.40. The Bertz CT molecular complexity index is 462. The van der Waals surface area contributed by atoms with Crippen molar-refractivity contribution in [3.8, 4) is 5.75 Å². The van der Waals surface area contributed by atoms with Crippen molar-refractivity contribution in [2.45, 2.75) is 31.7 Å². The summed E-state index contributed by atoms with van der Waals surface area (Å²) in [5, 5.41) is 3.27. The summed E-state index contributed by atoms with van der Waals surface area (Å²) < 4.78 is 5.33. The van der Waals surface area contributed by atoms with E-state index in [1.54, 1.807) is 18.2 Å². The van der Waals surface area contributed by atoms with Crippen LogP contribution in [0.2, 0.25) is 5.02 Å². The van der Waals surface area contributed by atoms with Gasteiger partial charge in [-0.25, -0.2) is 0 Å². The summed E-state index contributed by atoms with van der Waals surface area (Å²) in [7, 11) is 0. The minimum atomic E-state index is -0.703. The van der Waals surface area contributed by atoms with E-state index in [9.17, 15) is 4.79 Å². The van der Waals surface area contributed by atoms with Gasteiger partial charge in [-0.3, -0.25) is 4.79 Å². The molecule has 0 heterocycles. The van der Waals surface area contributed by atoms with Crippen molar-refractivity contribution in [2.75, 3.05) is 11.9 Å². The standard InChI is InChI=1S/C13H17ClN2O2.ClH/c1-2-18-11-5-4-9(8-10(11)14)16-12(17)13(15)6-3-7-13;/h4-5,8H,2-3,6-7,15H2,1H3,(H,16,17);1H. The second-order valence-corrected chi connectivity index (χ2v) is 4.95. The van der Waals surface area contributed by atoms with Crippen molar-refractivity contribution >= 4 is 35.6 Å². The van der Waals surface area contributed by atoms with Gasteiger partial charge in [0.15, 0.2) is 0 Å². The maximum absolute atomic E-state index is 11.9. The van der Waals surface area contributed by atoms with E-state index in [-0.39, 0.29) is 18.3 Å². The lowest BCUT2D eigenvalue weighted by Gasteiger charge is -2.36. The molecule has 0 unspecified atom stereocenters. The van der Waals surface area contributed by atoms with Crippen LogP contribution < -0.4 is 15.8 Å². The Kier molecular flexibility index (Phi) is 5.47. The maximum Gasteiger partial charge on any atom is 0.244 e. The summed E-state index contributed by atoms with van der Waals surface area (Å²) in [5.41, 5.74) is 5.88. The highest BCUT2D eigenvalue weighted by atomic mass is 35.5. The molecule has 4 nitrogen and oxygen atoms in total. The van der Waals surface area contributed by atoms with Crippen LogP contribution in [-0.4, -0.2) is 18.1 Å². The number of carbonyl (C=O) groups excluding carboxylic acids is 1. The second-order valence-electron chi connectivity index (χ2n) is 4.54. The van der Waals surface area contributed by atoms with Crippen molar-refractivity contribution in [1.29, 1.82) is 0 Å². The Balaban J connectivity index is 0.00000180. The van der Waals surface area contributed by atoms with Crippen LogP contribution in [0.5, 0.6) is 5.75 Å². The molecule has 1 aliphatic carbocycles. The zero-order valence-electron chi connectivity index (χ0n) is 10.7. The summed E-state index contributed by atoms with van der Waals surface area (Å²) >= 11 is 6.05. The van der Waals surface area contributed by atoms with Crippen LogP contribution in [0.1, 0.15) is 26.2 Å². The summed E-state index contributed by atoms with van der Waals surface area (Å²) in [5.74, 6) is 0.470. The van der Waals surface area contributed by atoms with E-state index in [1.807, 2.05) is 6.92 Å². The molecule has 3 N–H and O–H groups in total. The van der Waals surface area contributed by atoms with Crippen molar-refractivity contribution < 1.29 is 9.53 Å². The molecule has 0 spiro atoms. The van der Waals surface area contributed by atoms with Crippen molar-refractivity contribution in [3.63, 3.8) is 0 Å². The molecule has 106 valence electrons. The highest BCUT2D eigenvalue weighted by molar-refractivity contribution is 6.32. The SMILES string of the molecule is CCOc1ccc(NC(=O)C2(N)CCC2)cc1Cl.Cl. The molecule has 2 rings (SSSR count). The maximum atomic E-state index is 11.9. The van der Waals surface area contributed by atoms with Gasteiger partial charge < -0.3 is 15.8 Å². The number of nitrogens with one attached hydrogen (secondary N) is 1. The lowest BCUT2D eigenvalue weighted by Crippen LogP contribution is -2.56. The molecule has 0 aliphatic heterocycles. The molecular formula is C13H18Cl2N2O2. The lowest BCUT2D eigenvalue weighted by atomic mass is 9.77. The Labute approximate surface area is 124 Å². The van der Waals surface area contributed by atoms with E-state index < -0.39 is 5.54 Å². The van der Waals surface area contributed by atoms with Gasteiger partial charge in [0.25, 0.3) is 0 Å². The molecule has 0 bridgehead atoms. The summed E-state index contributed by atoms with van der Waals surface area (Å²) in [6.45, 7) is 2.44. The minimum absolute atomic E-state index is 0. The van der Waals surface area contributed by atoms with Gasteiger partial charge in [-0.15, -0.1) is 12.4 Å². The first-order valence-corrected chi connectivity index (χ1v) is 6.45. The highest BCUT2D eigenvalue weighted by Crippen LogP contribution is 2.32. The predicted octanol–water partition coefficient (Wildman–Crippen LogP) is 2.98. The van der Waals surface area contributed by atoms with Crippen LogP contribution >= 0.6 is 24.0 Å². The molecule has 1 aromatic carbocycles. The first-order chi connectivity index (χ1) is 8.55. The predicted molar refractivity (Wildman–Crippen MR) is 79.3 cm³/mol. The van der Waals surface area contributed by atoms with E-state index in [1.165, 1.54) is 0 Å². The van der Waals surface area contributed by atoms with Gasteiger partial charge in [0.2, 0.25) is 5.91 Å².